The first-order valence-electron chi connectivity index (χ1n) is 8.89. The number of nitrogens with zero attached hydrogens (tertiary/aromatic N) is 4. The normalized spacial score (nSPS) is 36.0. The monoisotopic (exact) mass is 322 g/mol. The van der Waals surface area contributed by atoms with E-state index >= 15 is 0 Å². The van der Waals surface area contributed by atoms with E-state index in [0.29, 0.717) is 25.2 Å². The van der Waals surface area contributed by atoms with Crippen molar-refractivity contribution in [2.75, 3.05) is 19.6 Å². The molecule has 6 heteroatoms. The maximum absolute atomic E-state index is 10.9. The second kappa shape index (κ2) is 6.15. The Kier molecular flexibility index (Phi) is 4.51. The van der Waals surface area contributed by atoms with E-state index in [9.17, 15) is 10.2 Å². The summed E-state index contributed by atoms with van der Waals surface area (Å²) < 4.78 is 1.78. The number of aliphatic hydroxyl groups is 2. The average Bonchev–Trinajstić information content (AvgIpc) is 3.11. The minimum Gasteiger partial charge on any atom is -0.389 e. The summed E-state index contributed by atoms with van der Waals surface area (Å²) in [6.45, 7) is 8.32. The largest absolute Gasteiger partial charge is 0.389 e. The molecule has 0 aromatic carbocycles. The Morgan fingerprint density at radius 1 is 1.26 bits per heavy atom. The van der Waals surface area contributed by atoms with Crippen molar-refractivity contribution < 1.29 is 10.2 Å². The fraction of sp³-hybridized carbons (Fsp3) is 0.882. The maximum atomic E-state index is 10.9. The molecule has 2 N–H and O–H groups in total. The molecule has 1 saturated heterocycles. The Balaban J connectivity index is 1.63. The zero-order valence-corrected chi connectivity index (χ0v) is 14.6. The molecule has 1 aliphatic heterocycles. The molecule has 1 aromatic heterocycles. The first-order chi connectivity index (χ1) is 10.8. The van der Waals surface area contributed by atoms with Gasteiger partial charge in [0, 0.05) is 25.7 Å². The number of hydrogen-bond donors (Lipinski definition) is 2. The van der Waals surface area contributed by atoms with Crippen LogP contribution < -0.4 is 0 Å². The highest BCUT2D eigenvalue weighted by atomic mass is 16.3. The lowest BCUT2D eigenvalue weighted by Crippen LogP contribution is -2.45. The van der Waals surface area contributed by atoms with Gasteiger partial charge in [-0.15, -0.1) is 5.10 Å². The molecule has 0 radical (unpaired) electrons. The van der Waals surface area contributed by atoms with Crippen LogP contribution in [0.2, 0.25) is 0 Å². The van der Waals surface area contributed by atoms with Crippen molar-refractivity contribution in [3.05, 3.63) is 11.9 Å². The van der Waals surface area contributed by atoms with Gasteiger partial charge in [0.15, 0.2) is 0 Å². The van der Waals surface area contributed by atoms with Crippen molar-refractivity contribution in [1.29, 1.82) is 0 Å². The third-order valence-electron chi connectivity index (χ3n) is 5.57. The van der Waals surface area contributed by atoms with Gasteiger partial charge in [0.1, 0.15) is 11.3 Å². The van der Waals surface area contributed by atoms with Gasteiger partial charge < -0.3 is 10.2 Å². The van der Waals surface area contributed by atoms with Gasteiger partial charge in [-0.1, -0.05) is 12.1 Å². The third kappa shape index (κ3) is 3.59. The zero-order chi connectivity index (χ0) is 16.7. The van der Waals surface area contributed by atoms with Crippen molar-refractivity contribution in [1.82, 2.24) is 19.9 Å². The van der Waals surface area contributed by atoms with E-state index in [2.05, 4.69) is 22.1 Å². The quantitative estimate of drug-likeness (QED) is 0.882. The smallest absolute Gasteiger partial charge is 0.124 e. The summed E-state index contributed by atoms with van der Waals surface area (Å²) in [7, 11) is 0. The molecule has 2 heterocycles. The molecule has 1 aromatic rings. The van der Waals surface area contributed by atoms with Crippen LogP contribution in [0.15, 0.2) is 6.20 Å². The number of likely N-dealkylation sites (tertiary alicyclic amines) is 1. The van der Waals surface area contributed by atoms with Gasteiger partial charge in [-0.3, -0.25) is 4.90 Å². The van der Waals surface area contributed by atoms with Gasteiger partial charge in [-0.25, -0.2) is 4.68 Å². The SMILES string of the molecule is CC1CCC(O)(CN2CCC(O)(c3cn(C(C)C)nn3)C2)CC1. The molecule has 3 rings (SSSR count). The van der Waals surface area contributed by atoms with Crippen molar-refractivity contribution in [2.45, 2.75) is 70.1 Å². The number of rotatable bonds is 4. The van der Waals surface area contributed by atoms with E-state index < -0.39 is 11.2 Å². The van der Waals surface area contributed by atoms with E-state index in [4.69, 9.17) is 0 Å². The fourth-order valence-electron chi connectivity index (χ4n) is 3.83. The van der Waals surface area contributed by atoms with E-state index in [1.165, 1.54) is 0 Å². The number of β-amino-alcohol motifs (C(OH)–C–C–N with tert-alkyl or cyclic N) is 2. The molecule has 2 aliphatic rings. The van der Waals surface area contributed by atoms with Crippen molar-refractivity contribution in [2.24, 2.45) is 5.92 Å². The molecule has 2 fully saturated rings. The highest BCUT2D eigenvalue weighted by Crippen LogP contribution is 2.36. The minimum atomic E-state index is -0.939. The van der Waals surface area contributed by atoms with Crippen LogP contribution in [0, 0.1) is 5.92 Å². The van der Waals surface area contributed by atoms with Crippen molar-refractivity contribution >= 4 is 0 Å². The van der Waals surface area contributed by atoms with Gasteiger partial charge >= 0.3 is 0 Å². The Morgan fingerprint density at radius 3 is 2.57 bits per heavy atom. The standard InChI is InChI=1S/C17H30N4O2/c1-13(2)21-10-15(18-19-21)17(23)8-9-20(12-17)11-16(22)6-4-14(3)5-7-16/h10,13-14,22-23H,4-9,11-12H2,1-3H3. The van der Waals surface area contributed by atoms with Crippen LogP contribution in [-0.4, -0.2) is 55.3 Å². The molecule has 6 nitrogen and oxygen atoms in total. The maximum Gasteiger partial charge on any atom is 0.124 e. The van der Waals surface area contributed by atoms with Gasteiger partial charge in [0.2, 0.25) is 0 Å². The molecule has 1 atom stereocenters. The summed E-state index contributed by atoms with van der Waals surface area (Å²) in [5, 5.41) is 30.0. The Labute approximate surface area is 138 Å². The van der Waals surface area contributed by atoms with Crippen LogP contribution in [0.25, 0.3) is 0 Å². The van der Waals surface area contributed by atoms with Gasteiger partial charge in [-0.05, 0) is 51.9 Å². The average molecular weight is 322 g/mol. The van der Waals surface area contributed by atoms with Crippen LogP contribution in [0.3, 0.4) is 0 Å². The molecular weight excluding hydrogens is 292 g/mol. The van der Waals surface area contributed by atoms with E-state index in [1.807, 2.05) is 20.0 Å². The molecule has 1 saturated carbocycles. The van der Waals surface area contributed by atoms with Crippen LogP contribution in [0.4, 0.5) is 0 Å². The lowest BCUT2D eigenvalue weighted by Gasteiger charge is -2.38. The predicted molar refractivity (Wildman–Crippen MR) is 87.9 cm³/mol. The van der Waals surface area contributed by atoms with Gasteiger partial charge in [-0.2, -0.15) is 0 Å². The highest BCUT2D eigenvalue weighted by Gasteiger charge is 2.43. The summed E-state index contributed by atoms with van der Waals surface area (Å²) in [4.78, 5) is 2.18. The van der Waals surface area contributed by atoms with Crippen LogP contribution >= 0.6 is 0 Å². The molecule has 130 valence electrons. The topological polar surface area (TPSA) is 74.4 Å². The minimum absolute atomic E-state index is 0.238. The third-order valence-corrected chi connectivity index (χ3v) is 5.57. The first-order valence-corrected chi connectivity index (χ1v) is 8.89. The fourth-order valence-corrected chi connectivity index (χ4v) is 3.83. The van der Waals surface area contributed by atoms with E-state index in [0.717, 1.165) is 38.1 Å². The van der Waals surface area contributed by atoms with Crippen molar-refractivity contribution in [3.8, 4) is 0 Å². The summed E-state index contributed by atoms with van der Waals surface area (Å²) >= 11 is 0. The summed E-state index contributed by atoms with van der Waals surface area (Å²) in [5.74, 6) is 0.719. The Hall–Kier alpha value is -0.980. The lowest BCUT2D eigenvalue weighted by molar-refractivity contribution is -0.0378. The van der Waals surface area contributed by atoms with Crippen LogP contribution in [0.1, 0.15) is 64.6 Å². The molecule has 0 amide bonds. The molecule has 1 aliphatic carbocycles. The number of hydrogen-bond acceptors (Lipinski definition) is 5. The van der Waals surface area contributed by atoms with Crippen LogP contribution in [-0.2, 0) is 5.60 Å². The summed E-state index contributed by atoms with van der Waals surface area (Å²) in [6, 6.07) is 0.238. The van der Waals surface area contributed by atoms with Crippen LogP contribution in [0.5, 0.6) is 0 Å². The molecule has 0 bridgehead atoms. The zero-order valence-electron chi connectivity index (χ0n) is 14.6. The summed E-state index contributed by atoms with van der Waals surface area (Å²) in [5.41, 5.74) is -0.878. The van der Waals surface area contributed by atoms with E-state index in [-0.39, 0.29) is 6.04 Å². The van der Waals surface area contributed by atoms with Gasteiger partial charge in [0.05, 0.1) is 11.8 Å². The van der Waals surface area contributed by atoms with Gasteiger partial charge in [0.25, 0.3) is 0 Å². The lowest BCUT2D eigenvalue weighted by atomic mass is 9.79. The summed E-state index contributed by atoms with van der Waals surface area (Å²) in [6.07, 6.45) is 6.43. The second-order valence-electron chi connectivity index (χ2n) is 8.08. The first kappa shape index (κ1) is 16.9. The highest BCUT2D eigenvalue weighted by molar-refractivity contribution is 5.11. The molecule has 0 spiro atoms. The van der Waals surface area contributed by atoms with E-state index in [1.54, 1.807) is 4.68 Å². The molecular formula is C17H30N4O2. The predicted octanol–water partition coefficient (Wildman–Crippen LogP) is 1.69. The molecule has 1 unspecified atom stereocenters. The molecule has 23 heavy (non-hydrogen) atoms. The Bertz CT molecular complexity index is 536. The second-order valence-corrected chi connectivity index (χ2v) is 8.08. The number of aromatic nitrogens is 3. The van der Waals surface area contributed by atoms with Crippen molar-refractivity contribution in [3.63, 3.8) is 0 Å². The Morgan fingerprint density at radius 2 is 1.96 bits per heavy atom.